The molecule has 1 amide bonds. The third-order valence-electron chi connectivity index (χ3n) is 7.40. The maximum absolute atomic E-state index is 13.6. The van der Waals surface area contributed by atoms with E-state index in [0.29, 0.717) is 24.8 Å². The fourth-order valence-electron chi connectivity index (χ4n) is 5.22. The number of carbonyl (C=O) groups excluding carboxylic acids is 1. The highest BCUT2D eigenvalue weighted by molar-refractivity contribution is 7.15. The van der Waals surface area contributed by atoms with Crippen LogP contribution in [-0.4, -0.2) is 42.2 Å². The zero-order valence-electron chi connectivity index (χ0n) is 21.2. The third kappa shape index (κ3) is 5.40. The topological polar surface area (TPSA) is 92.9 Å². The van der Waals surface area contributed by atoms with E-state index in [0.717, 1.165) is 59.4 Å². The summed E-state index contributed by atoms with van der Waals surface area (Å²) in [6.45, 7) is 2.89. The molecule has 0 radical (unpaired) electrons. The van der Waals surface area contributed by atoms with E-state index >= 15 is 0 Å². The molecule has 0 aliphatic heterocycles. The molecule has 194 valence electrons. The molecule has 0 aromatic carbocycles. The number of methoxy groups -OCH3 is 1. The highest BCUT2D eigenvalue weighted by Crippen LogP contribution is 2.40. The van der Waals surface area contributed by atoms with Gasteiger partial charge in [-0.2, -0.15) is 0 Å². The van der Waals surface area contributed by atoms with Gasteiger partial charge in [0.2, 0.25) is 5.91 Å². The van der Waals surface area contributed by atoms with E-state index in [1.54, 1.807) is 18.2 Å². The summed E-state index contributed by atoms with van der Waals surface area (Å²) in [5.74, 6) is 0.477. The molecule has 5 rings (SSSR count). The molecule has 1 unspecified atom stereocenters. The minimum Gasteiger partial charge on any atom is -0.477 e. The van der Waals surface area contributed by atoms with E-state index in [2.05, 4.69) is 24.1 Å². The lowest BCUT2D eigenvalue weighted by Crippen LogP contribution is -2.40. The van der Waals surface area contributed by atoms with Gasteiger partial charge in [0, 0.05) is 42.6 Å². The molecule has 1 saturated carbocycles. The summed E-state index contributed by atoms with van der Waals surface area (Å²) in [6, 6.07) is 7.59. The number of aromatic carboxylic acids is 1. The van der Waals surface area contributed by atoms with Crippen LogP contribution < -0.4 is 4.90 Å². The summed E-state index contributed by atoms with van der Waals surface area (Å²) < 4.78 is 11.3. The first-order chi connectivity index (χ1) is 17.9. The van der Waals surface area contributed by atoms with Crippen molar-refractivity contribution < 1.29 is 23.8 Å². The number of hydrogen-bond acceptors (Lipinski definition) is 6. The van der Waals surface area contributed by atoms with Gasteiger partial charge >= 0.3 is 5.97 Å². The van der Waals surface area contributed by atoms with Gasteiger partial charge in [0.05, 0.1) is 12.3 Å². The summed E-state index contributed by atoms with van der Waals surface area (Å²) in [4.78, 5) is 32.8. The Bertz CT molecular complexity index is 1310. The van der Waals surface area contributed by atoms with Crippen LogP contribution in [0.3, 0.4) is 0 Å². The minimum atomic E-state index is -1.02. The average Bonchev–Trinajstić information content (AvgIpc) is 3.55. The molecule has 3 aromatic rings. The number of aromatic nitrogens is 1. The van der Waals surface area contributed by atoms with Crippen molar-refractivity contribution in [2.75, 3.05) is 25.2 Å². The largest absolute Gasteiger partial charge is 0.477 e. The zero-order chi connectivity index (χ0) is 25.9. The van der Waals surface area contributed by atoms with Gasteiger partial charge in [0.15, 0.2) is 5.58 Å². The van der Waals surface area contributed by atoms with Crippen LogP contribution in [0.2, 0.25) is 0 Å². The number of pyridine rings is 1. The molecule has 0 spiro atoms. The van der Waals surface area contributed by atoms with E-state index in [-0.39, 0.29) is 22.6 Å². The first kappa shape index (κ1) is 25.4. The fourth-order valence-corrected chi connectivity index (χ4v) is 6.24. The number of thiophene rings is 1. The number of rotatable bonds is 8. The Balaban J connectivity index is 1.39. The molecule has 0 bridgehead atoms. The van der Waals surface area contributed by atoms with Gasteiger partial charge in [-0.05, 0) is 61.8 Å². The molecule has 8 heteroatoms. The Kier molecular flexibility index (Phi) is 7.58. The number of hydrogen-bond donors (Lipinski definition) is 1. The first-order valence-corrected chi connectivity index (χ1v) is 13.7. The van der Waals surface area contributed by atoms with Crippen LogP contribution in [0, 0.1) is 11.8 Å². The Morgan fingerprint density at radius 2 is 2.05 bits per heavy atom. The molecule has 2 aliphatic rings. The van der Waals surface area contributed by atoms with Crippen LogP contribution in [0.15, 0.2) is 53.1 Å². The molecule has 1 atom stereocenters. The molecule has 0 saturated heterocycles. The molecular weight excluding hydrogens is 488 g/mol. The number of carboxylic acids is 1. The number of carbonyl (C=O) groups is 2. The maximum atomic E-state index is 13.6. The summed E-state index contributed by atoms with van der Waals surface area (Å²) in [5.41, 5.74) is 3.02. The quantitative estimate of drug-likeness (QED) is 0.363. The lowest BCUT2D eigenvalue weighted by molar-refractivity contribution is -0.123. The number of ether oxygens (including phenoxy) is 1. The number of anilines is 1. The molecule has 37 heavy (non-hydrogen) atoms. The molecular formula is C29H32N2O5S. The highest BCUT2D eigenvalue weighted by Gasteiger charge is 2.32. The van der Waals surface area contributed by atoms with Gasteiger partial charge in [-0.25, -0.2) is 4.79 Å². The number of carboxylic acid groups (broad SMARTS) is 1. The predicted octanol–water partition coefficient (Wildman–Crippen LogP) is 6.52. The molecule has 3 aromatic heterocycles. The second kappa shape index (κ2) is 11.0. The Hall–Kier alpha value is -3.23. The standard InChI is InChI=1S/C29H32N2O5S/c1-18-5-7-21(8-6-18)28(32)31(14-15-35-2)23-17-26(37-27(23)29(33)34)20-11-9-19(10-12-20)25-16-22-24(36-25)4-3-13-30-22/h3-4,9,11-13,16-19,21H,5-8,10,14-15H2,1-2H3,(H,33,34)/t18-,19?,21-. The number of fused-ring (bicyclic) bond motifs is 1. The van der Waals surface area contributed by atoms with Gasteiger partial charge < -0.3 is 19.2 Å². The van der Waals surface area contributed by atoms with Crippen molar-refractivity contribution in [2.24, 2.45) is 11.8 Å². The van der Waals surface area contributed by atoms with Crippen molar-refractivity contribution in [3.63, 3.8) is 0 Å². The number of amides is 1. The Labute approximate surface area is 220 Å². The summed E-state index contributed by atoms with van der Waals surface area (Å²) in [6.07, 6.45) is 12.4. The van der Waals surface area contributed by atoms with Crippen molar-refractivity contribution in [3.8, 4) is 0 Å². The van der Waals surface area contributed by atoms with Crippen LogP contribution in [0.25, 0.3) is 16.7 Å². The number of furan rings is 1. The lowest BCUT2D eigenvalue weighted by Gasteiger charge is -2.31. The predicted molar refractivity (Wildman–Crippen MR) is 145 cm³/mol. The monoisotopic (exact) mass is 520 g/mol. The van der Waals surface area contributed by atoms with Crippen LogP contribution in [0.4, 0.5) is 5.69 Å². The minimum absolute atomic E-state index is 0.00234. The third-order valence-corrected chi connectivity index (χ3v) is 8.57. The first-order valence-electron chi connectivity index (χ1n) is 12.8. The van der Waals surface area contributed by atoms with Crippen LogP contribution in [0.1, 0.15) is 65.3 Å². The van der Waals surface area contributed by atoms with Crippen molar-refractivity contribution in [3.05, 3.63) is 64.2 Å². The Morgan fingerprint density at radius 1 is 1.24 bits per heavy atom. The second-order valence-electron chi connectivity index (χ2n) is 9.97. The van der Waals surface area contributed by atoms with E-state index < -0.39 is 5.97 Å². The Morgan fingerprint density at radius 3 is 2.73 bits per heavy atom. The van der Waals surface area contributed by atoms with Crippen LogP contribution >= 0.6 is 11.3 Å². The SMILES string of the molecule is COCCN(c1cc(C2=CCC(c3cc4ncccc4o3)C=C2)sc1C(=O)O)C(=O)[C@H]1CC[C@H](C)CC1. The van der Waals surface area contributed by atoms with E-state index in [9.17, 15) is 14.7 Å². The summed E-state index contributed by atoms with van der Waals surface area (Å²) in [5, 5.41) is 10.0. The zero-order valence-corrected chi connectivity index (χ0v) is 22.0. The van der Waals surface area contributed by atoms with Crippen molar-refractivity contribution in [1.29, 1.82) is 0 Å². The number of allylic oxidation sites excluding steroid dienone is 4. The van der Waals surface area contributed by atoms with Crippen LogP contribution in [0.5, 0.6) is 0 Å². The smallest absolute Gasteiger partial charge is 0.348 e. The lowest BCUT2D eigenvalue weighted by atomic mass is 9.82. The van der Waals surface area contributed by atoms with Gasteiger partial charge in [0.25, 0.3) is 0 Å². The molecule has 7 nitrogen and oxygen atoms in total. The summed E-state index contributed by atoms with van der Waals surface area (Å²) >= 11 is 1.21. The highest BCUT2D eigenvalue weighted by atomic mass is 32.1. The van der Waals surface area contributed by atoms with E-state index in [1.807, 2.05) is 30.3 Å². The van der Waals surface area contributed by atoms with E-state index in [1.165, 1.54) is 11.3 Å². The second-order valence-corrected chi connectivity index (χ2v) is 11.0. The fraction of sp³-hybridized carbons (Fsp3) is 0.414. The van der Waals surface area contributed by atoms with Crippen molar-refractivity contribution in [2.45, 2.75) is 44.9 Å². The van der Waals surface area contributed by atoms with Crippen molar-refractivity contribution in [1.82, 2.24) is 4.98 Å². The molecule has 1 fully saturated rings. The molecule has 1 N–H and O–H groups in total. The van der Waals surface area contributed by atoms with Gasteiger partial charge in [-0.1, -0.05) is 25.2 Å². The summed E-state index contributed by atoms with van der Waals surface area (Å²) in [7, 11) is 1.59. The van der Waals surface area contributed by atoms with E-state index in [4.69, 9.17) is 9.15 Å². The van der Waals surface area contributed by atoms with Gasteiger partial charge in [0.1, 0.15) is 16.2 Å². The average molecular weight is 521 g/mol. The van der Waals surface area contributed by atoms with Crippen molar-refractivity contribution >= 4 is 45.6 Å². The van der Waals surface area contributed by atoms with Crippen LogP contribution in [-0.2, 0) is 9.53 Å². The molecule has 3 heterocycles. The maximum Gasteiger partial charge on any atom is 0.348 e. The van der Waals surface area contributed by atoms with Gasteiger partial charge in [-0.3, -0.25) is 9.78 Å². The van der Waals surface area contributed by atoms with Gasteiger partial charge in [-0.15, -0.1) is 11.3 Å². The number of nitrogens with zero attached hydrogens (tertiary/aromatic N) is 2. The normalized spacial score (nSPS) is 21.7. The molecule has 2 aliphatic carbocycles.